The minimum atomic E-state index is -0.389. The van der Waals surface area contributed by atoms with Crippen LogP contribution in [0.25, 0.3) is 11.0 Å². The van der Waals surface area contributed by atoms with Crippen LogP contribution in [0.4, 0.5) is 11.4 Å². The normalized spacial score (nSPS) is 15.1. The molecule has 1 aromatic heterocycles. The molecule has 0 aliphatic carbocycles. The maximum Gasteiger partial charge on any atom is 0.313 e. The molecule has 1 atom stereocenters. The van der Waals surface area contributed by atoms with Crippen LogP contribution in [-0.2, 0) is 9.57 Å². The van der Waals surface area contributed by atoms with Crippen LogP contribution in [0.2, 0.25) is 0 Å². The quantitative estimate of drug-likeness (QED) is 0.190. The van der Waals surface area contributed by atoms with E-state index >= 15 is 0 Å². The standard InChI is InChI=1S/C30H32N4O6/c31-25-6-2-3-7-26(25)33-29(35)21-9-11-24(12-10-21)38-18-15-34(39-16-13-23-20-37-17-14-32-23)30(36)28-19-22-5-1-4-8-27(22)40-28/h1-12,19,23,32H,13-18,20,31H2,(H,33,35). The lowest BCUT2D eigenvalue weighted by Gasteiger charge is -2.25. The zero-order valence-electron chi connectivity index (χ0n) is 22.0. The zero-order valence-corrected chi connectivity index (χ0v) is 22.0. The van der Waals surface area contributed by atoms with Gasteiger partial charge in [-0.3, -0.25) is 14.4 Å². The summed E-state index contributed by atoms with van der Waals surface area (Å²) in [4.78, 5) is 31.8. The number of amides is 2. The number of hydroxylamine groups is 2. The smallest absolute Gasteiger partial charge is 0.313 e. The largest absolute Gasteiger partial charge is 0.492 e. The highest BCUT2D eigenvalue weighted by atomic mass is 16.7. The van der Waals surface area contributed by atoms with E-state index in [1.54, 1.807) is 54.6 Å². The number of nitrogens with one attached hydrogen (secondary N) is 2. The monoisotopic (exact) mass is 544 g/mol. The molecule has 1 fully saturated rings. The molecule has 5 rings (SSSR count). The van der Waals surface area contributed by atoms with Crippen LogP contribution >= 0.6 is 0 Å². The summed E-state index contributed by atoms with van der Waals surface area (Å²) in [7, 11) is 0. The second-order valence-electron chi connectivity index (χ2n) is 9.32. The molecule has 3 aromatic carbocycles. The second kappa shape index (κ2) is 13.1. The molecule has 1 unspecified atom stereocenters. The van der Waals surface area contributed by atoms with E-state index in [-0.39, 0.29) is 36.8 Å². The van der Waals surface area contributed by atoms with E-state index in [1.165, 1.54) is 5.06 Å². The molecule has 2 amide bonds. The third-order valence-corrected chi connectivity index (χ3v) is 6.46. The number of carbonyl (C=O) groups is 2. The van der Waals surface area contributed by atoms with Crippen molar-refractivity contribution in [3.8, 4) is 5.75 Å². The van der Waals surface area contributed by atoms with Crippen molar-refractivity contribution in [2.75, 3.05) is 50.6 Å². The molecule has 0 saturated carbocycles. The number of para-hydroxylation sites is 3. The Hall–Kier alpha value is -4.38. The summed E-state index contributed by atoms with van der Waals surface area (Å²) in [6.45, 7) is 2.75. The number of morpholine rings is 1. The number of nitrogens with two attached hydrogens (primary N) is 1. The Bertz CT molecular complexity index is 1400. The lowest BCUT2D eigenvalue weighted by Crippen LogP contribution is -2.42. The molecular formula is C30H32N4O6. The Morgan fingerprint density at radius 3 is 2.60 bits per heavy atom. The average molecular weight is 545 g/mol. The highest BCUT2D eigenvalue weighted by Gasteiger charge is 2.22. The van der Waals surface area contributed by atoms with Gasteiger partial charge >= 0.3 is 5.91 Å². The number of rotatable bonds is 11. The first kappa shape index (κ1) is 27.2. The minimum absolute atomic E-state index is 0.167. The maximum atomic E-state index is 13.3. The number of furan rings is 1. The Balaban J connectivity index is 1.18. The molecule has 1 saturated heterocycles. The number of nitrogens with zero attached hydrogens (tertiary/aromatic N) is 1. The lowest BCUT2D eigenvalue weighted by atomic mass is 10.2. The predicted molar refractivity (Wildman–Crippen MR) is 151 cm³/mol. The van der Waals surface area contributed by atoms with E-state index < -0.39 is 0 Å². The molecule has 10 nitrogen and oxygen atoms in total. The molecule has 0 bridgehead atoms. The van der Waals surface area contributed by atoms with Crippen molar-refractivity contribution in [3.05, 3.63) is 90.2 Å². The fraction of sp³-hybridized carbons (Fsp3) is 0.267. The van der Waals surface area contributed by atoms with Gasteiger partial charge in [0.15, 0.2) is 5.76 Å². The fourth-order valence-corrected chi connectivity index (χ4v) is 4.30. The molecule has 1 aliphatic heterocycles. The van der Waals surface area contributed by atoms with Crippen LogP contribution in [0.1, 0.15) is 27.3 Å². The number of nitrogen functional groups attached to an aromatic ring is 1. The summed E-state index contributed by atoms with van der Waals surface area (Å²) in [6.07, 6.45) is 0.683. The summed E-state index contributed by atoms with van der Waals surface area (Å²) in [5.74, 6) is 0.0726. The number of hydrogen-bond donors (Lipinski definition) is 3. The van der Waals surface area contributed by atoms with E-state index in [0.29, 0.717) is 54.5 Å². The molecule has 10 heteroatoms. The fourth-order valence-electron chi connectivity index (χ4n) is 4.30. The predicted octanol–water partition coefficient (Wildman–Crippen LogP) is 4.10. The Kier molecular flexibility index (Phi) is 8.92. The van der Waals surface area contributed by atoms with Gasteiger partial charge in [0.25, 0.3) is 5.91 Å². The highest BCUT2D eigenvalue weighted by molar-refractivity contribution is 6.05. The molecule has 2 heterocycles. The van der Waals surface area contributed by atoms with Gasteiger partial charge in [-0.25, -0.2) is 5.06 Å². The van der Waals surface area contributed by atoms with Crippen molar-refractivity contribution in [1.29, 1.82) is 0 Å². The Morgan fingerprint density at radius 1 is 1.02 bits per heavy atom. The van der Waals surface area contributed by atoms with Crippen molar-refractivity contribution < 1.29 is 28.3 Å². The van der Waals surface area contributed by atoms with E-state index in [4.69, 9.17) is 24.5 Å². The van der Waals surface area contributed by atoms with Crippen molar-refractivity contribution in [2.24, 2.45) is 0 Å². The molecule has 1 aliphatic rings. The molecule has 4 aromatic rings. The van der Waals surface area contributed by atoms with Gasteiger partial charge in [-0.1, -0.05) is 30.3 Å². The second-order valence-corrected chi connectivity index (χ2v) is 9.32. The number of fused-ring (bicyclic) bond motifs is 1. The molecule has 208 valence electrons. The molecule has 4 N–H and O–H groups in total. The number of hydrogen-bond acceptors (Lipinski definition) is 8. The first-order chi connectivity index (χ1) is 19.6. The van der Waals surface area contributed by atoms with Gasteiger partial charge in [0.2, 0.25) is 0 Å². The third-order valence-electron chi connectivity index (χ3n) is 6.46. The van der Waals surface area contributed by atoms with Gasteiger partial charge in [0.1, 0.15) is 17.9 Å². The Morgan fingerprint density at radius 2 is 1.82 bits per heavy atom. The number of benzene rings is 3. The van der Waals surface area contributed by atoms with E-state index in [9.17, 15) is 9.59 Å². The van der Waals surface area contributed by atoms with Gasteiger partial charge in [-0.15, -0.1) is 0 Å². The number of anilines is 2. The third kappa shape index (κ3) is 6.97. The average Bonchev–Trinajstić information content (AvgIpc) is 3.43. The van der Waals surface area contributed by atoms with Crippen LogP contribution in [0.3, 0.4) is 0 Å². The van der Waals surface area contributed by atoms with Crippen molar-refractivity contribution in [3.63, 3.8) is 0 Å². The summed E-state index contributed by atoms with van der Waals surface area (Å²) in [5, 5.41) is 8.29. The first-order valence-electron chi connectivity index (χ1n) is 13.2. The molecule has 0 radical (unpaired) electrons. The molecule has 40 heavy (non-hydrogen) atoms. The zero-order chi connectivity index (χ0) is 27.7. The van der Waals surface area contributed by atoms with Crippen molar-refractivity contribution >= 4 is 34.2 Å². The Labute approximate surface area is 231 Å². The SMILES string of the molecule is Nc1ccccc1NC(=O)c1ccc(OCCN(OCCC2COCCN2)C(=O)c2cc3ccccc3o2)cc1. The van der Waals surface area contributed by atoms with Gasteiger partial charge < -0.3 is 30.3 Å². The molecule has 0 spiro atoms. The van der Waals surface area contributed by atoms with E-state index in [1.807, 2.05) is 24.3 Å². The summed E-state index contributed by atoms with van der Waals surface area (Å²) in [5.41, 5.74) is 8.04. The van der Waals surface area contributed by atoms with Crippen LogP contribution < -0.4 is 21.1 Å². The first-order valence-corrected chi connectivity index (χ1v) is 13.2. The lowest BCUT2D eigenvalue weighted by molar-refractivity contribution is -0.132. The summed E-state index contributed by atoms with van der Waals surface area (Å²) < 4.78 is 17.1. The van der Waals surface area contributed by atoms with Crippen molar-refractivity contribution in [1.82, 2.24) is 10.4 Å². The maximum absolute atomic E-state index is 13.3. The van der Waals surface area contributed by atoms with Crippen LogP contribution in [0, 0.1) is 0 Å². The van der Waals surface area contributed by atoms with Gasteiger partial charge in [0, 0.05) is 23.5 Å². The number of carbonyl (C=O) groups excluding carboxylic acids is 2. The van der Waals surface area contributed by atoms with E-state index in [0.717, 1.165) is 11.9 Å². The minimum Gasteiger partial charge on any atom is -0.492 e. The van der Waals surface area contributed by atoms with Crippen LogP contribution in [0.15, 0.2) is 83.3 Å². The molecular weight excluding hydrogens is 512 g/mol. The van der Waals surface area contributed by atoms with Crippen LogP contribution in [-0.4, -0.2) is 62.4 Å². The summed E-state index contributed by atoms with van der Waals surface area (Å²) in [6, 6.07) is 23.1. The van der Waals surface area contributed by atoms with Gasteiger partial charge in [-0.05, 0) is 55.0 Å². The van der Waals surface area contributed by atoms with Gasteiger partial charge in [-0.2, -0.15) is 0 Å². The number of ether oxygens (including phenoxy) is 2. The topological polar surface area (TPSA) is 128 Å². The van der Waals surface area contributed by atoms with Crippen molar-refractivity contribution in [2.45, 2.75) is 12.5 Å². The van der Waals surface area contributed by atoms with Gasteiger partial charge in [0.05, 0.1) is 37.7 Å². The van der Waals surface area contributed by atoms with Crippen LogP contribution in [0.5, 0.6) is 5.75 Å². The van der Waals surface area contributed by atoms with E-state index in [2.05, 4.69) is 10.6 Å². The highest BCUT2D eigenvalue weighted by Crippen LogP contribution is 2.21. The summed E-state index contributed by atoms with van der Waals surface area (Å²) >= 11 is 0.